The van der Waals surface area contributed by atoms with Gasteiger partial charge in [-0.25, -0.2) is 13.2 Å². The van der Waals surface area contributed by atoms with Crippen LogP contribution in [0.4, 0.5) is 11.4 Å². The van der Waals surface area contributed by atoms with Crippen molar-refractivity contribution in [2.24, 2.45) is 5.92 Å². The first-order valence-corrected chi connectivity index (χ1v) is 11.9. The highest BCUT2D eigenvalue weighted by Gasteiger charge is 2.31. The lowest BCUT2D eigenvalue weighted by Gasteiger charge is -2.30. The van der Waals surface area contributed by atoms with Crippen molar-refractivity contribution in [3.63, 3.8) is 0 Å². The van der Waals surface area contributed by atoms with Crippen LogP contribution in [0.2, 0.25) is 5.02 Å². The van der Waals surface area contributed by atoms with E-state index in [1.807, 2.05) is 6.92 Å². The third-order valence-corrected chi connectivity index (χ3v) is 7.43. The van der Waals surface area contributed by atoms with Crippen LogP contribution >= 0.6 is 11.6 Å². The van der Waals surface area contributed by atoms with E-state index in [4.69, 9.17) is 16.3 Å². The van der Waals surface area contributed by atoms with Crippen molar-refractivity contribution in [2.75, 3.05) is 25.0 Å². The highest BCUT2D eigenvalue weighted by atomic mass is 35.5. The first-order valence-electron chi connectivity index (χ1n) is 10.1. The summed E-state index contributed by atoms with van der Waals surface area (Å²) in [5, 5.41) is 13.2. The zero-order valence-corrected chi connectivity index (χ0v) is 19.3. The molecule has 1 saturated heterocycles. The molecule has 176 valence electrons. The fraction of sp³-hybridized carbons (Fsp3) is 0.333. The van der Waals surface area contributed by atoms with Gasteiger partial charge in [0.15, 0.2) is 6.61 Å². The molecule has 1 unspecified atom stereocenters. The van der Waals surface area contributed by atoms with Crippen molar-refractivity contribution >= 4 is 44.9 Å². The number of hydrogen-bond donors (Lipinski definition) is 1. The normalized spacial score (nSPS) is 16.7. The summed E-state index contributed by atoms with van der Waals surface area (Å²) in [4.78, 5) is 34.5. The number of nitro groups is 1. The average molecular weight is 496 g/mol. The van der Waals surface area contributed by atoms with Gasteiger partial charge in [-0.1, -0.05) is 24.6 Å². The van der Waals surface area contributed by atoms with Gasteiger partial charge in [-0.2, -0.15) is 4.31 Å². The molecular weight excluding hydrogens is 474 g/mol. The van der Waals surface area contributed by atoms with Gasteiger partial charge in [-0.3, -0.25) is 14.9 Å². The Hall–Kier alpha value is -3.02. The number of nitrogens with one attached hydrogen (secondary N) is 1. The number of rotatable bonds is 7. The molecule has 0 aliphatic carbocycles. The van der Waals surface area contributed by atoms with Crippen LogP contribution in [-0.2, 0) is 19.6 Å². The predicted molar refractivity (Wildman–Crippen MR) is 121 cm³/mol. The molecule has 0 spiro atoms. The molecule has 1 N–H and O–H groups in total. The molecule has 0 bridgehead atoms. The number of non-ortho nitro benzene ring substituents is 1. The smallest absolute Gasteiger partial charge is 0.338 e. The molecule has 1 amide bonds. The van der Waals surface area contributed by atoms with Crippen LogP contribution in [0.3, 0.4) is 0 Å². The number of nitrogens with zero attached hydrogens (tertiary/aromatic N) is 2. The van der Waals surface area contributed by atoms with Gasteiger partial charge in [0.05, 0.1) is 15.5 Å². The Morgan fingerprint density at radius 1 is 1.27 bits per heavy atom. The van der Waals surface area contributed by atoms with Crippen molar-refractivity contribution in [3.8, 4) is 0 Å². The summed E-state index contributed by atoms with van der Waals surface area (Å²) in [6.45, 7) is 2.03. The molecule has 1 fully saturated rings. The van der Waals surface area contributed by atoms with E-state index >= 15 is 0 Å². The molecule has 33 heavy (non-hydrogen) atoms. The minimum Gasteiger partial charge on any atom is -0.452 e. The highest BCUT2D eigenvalue weighted by molar-refractivity contribution is 7.89. The number of halogens is 1. The van der Waals surface area contributed by atoms with Crippen LogP contribution in [0.15, 0.2) is 47.4 Å². The molecule has 2 aromatic rings. The maximum Gasteiger partial charge on any atom is 0.338 e. The topological polar surface area (TPSA) is 136 Å². The Kier molecular flexibility index (Phi) is 7.67. The van der Waals surface area contributed by atoms with Gasteiger partial charge >= 0.3 is 5.97 Å². The minimum atomic E-state index is -3.91. The molecule has 0 saturated carbocycles. The summed E-state index contributed by atoms with van der Waals surface area (Å²) < 4.78 is 32.4. The van der Waals surface area contributed by atoms with E-state index in [-0.39, 0.29) is 32.8 Å². The minimum absolute atomic E-state index is 0.0202. The molecule has 1 heterocycles. The lowest BCUT2D eigenvalue weighted by atomic mass is 10.0. The zero-order chi connectivity index (χ0) is 24.2. The van der Waals surface area contributed by atoms with E-state index in [0.29, 0.717) is 13.1 Å². The molecule has 1 aliphatic rings. The van der Waals surface area contributed by atoms with Gasteiger partial charge in [0.2, 0.25) is 10.0 Å². The number of anilines is 1. The number of carbonyl (C=O) groups excluding carboxylic acids is 2. The Bertz CT molecular complexity index is 1190. The van der Waals surface area contributed by atoms with Crippen LogP contribution in [0, 0.1) is 16.0 Å². The summed E-state index contributed by atoms with van der Waals surface area (Å²) in [5.41, 5.74) is -0.116. The van der Waals surface area contributed by atoms with Gasteiger partial charge < -0.3 is 10.1 Å². The molecule has 0 aromatic heterocycles. The second-order valence-corrected chi connectivity index (χ2v) is 10.0. The first-order chi connectivity index (χ1) is 15.6. The van der Waals surface area contributed by atoms with Gasteiger partial charge in [-0.05, 0) is 43.0 Å². The van der Waals surface area contributed by atoms with Crippen LogP contribution < -0.4 is 5.32 Å². The number of ether oxygens (including phenoxy) is 1. The summed E-state index contributed by atoms with van der Waals surface area (Å²) >= 11 is 6.12. The van der Waals surface area contributed by atoms with E-state index in [2.05, 4.69) is 5.32 Å². The Morgan fingerprint density at radius 2 is 2.03 bits per heavy atom. The fourth-order valence-electron chi connectivity index (χ4n) is 3.44. The fourth-order valence-corrected chi connectivity index (χ4v) is 5.54. The predicted octanol–water partition coefficient (Wildman–Crippen LogP) is 3.46. The van der Waals surface area contributed by atoms with Crippen molar-refractivity contribution in [1.82, 2.24) is 4.31 Å². The zero-order valence-electron chi connectivity index (χ0n) is 17.7. The van der Waals surface area contributed by atoms with Crippen molar-refractivity contribution in [3.05, 3.63) is 63.2 Å². The lowest BCUT2D eigenvalue weighted by Crippen LogP contribution is -2.39. The maximum atomic E-state index is 13.1. The number of carbonyl (C=O) groups is 2. The molecule has 1 atom stereocenters. The third kappa shape index (κ3) is 6.06. The first kappa shape index (κ1) is 24.6. The summed E-state index contributed by atoms with van der Waals surface area (Å²) in [6.07, 6.45) is 1.67. The maximum absolute atomic E-state index is 13.1. The second kappa shape index (κ2) is 10.3. The average Bonchev–Trinajstić information content (AvgIpc) is 2.77. The van der Waals surface area contributed by atoms with E-state index in [0.717, 1.165) is 25.0 Å². The molecule has 10 nitrogen and oxygen atoms in total. The molecule has 12 heteroatoms. The number of amides is 1. The Morgan fingerprint density at radius 3 is 2.73 bits per heavy atom. The van der Waals surface area contributed by atoms with E-state index in [9.17, 15) is 28.1 Å². The number of hydrogen-bond acceptors (Lipinski definition) is 7. The van der Waals surface area contributed by atoms with Crippen molar-refractivity contribution in [1.29, 1.82) is 0 Å². The van der Waals surface area contributed by atoms with Crippen molar-refractivity contribution < 1.29 is 27.7 Å². The standard InChI is InChI=1S/C21H22ClN3O7S/c1-14-4-3-9-24(12-14)33(30,31)19-10-15(7-8-18(19)22)21(27)32-13-20(26)23-16-5-2-6-17(11-16)25(28)29/h2,5-8,10-11,14H,3-4,9,12-13H2,1H3,(H,23,26). The van der Waals surface area contributed by atoms with Gasteiger partial charge in [0.1, 0.15) is 4.90 Å². The van der Waals surface area contributed by atoms with Crippen LogP contribution in [-0.4, -0.2) is 49.2 Å². The van der Waals surface area contributed by atoms with E-state index < -0.39 is 33.4 Å². The molecule has 3 rings (SSSR count). The molecule has 2 aromatic carbocycles. The summed E-state index contributed by atoms with van der Waals surface area (Å²) in [6, 6.07) is 9.02. The van der Waals surface area contributed by atoms with Crippen LogP contribution in [0.1, 0.15) is 30.1 Å². The summed E-state index contributed by atoms with van der Waals surface area (Å²) in [5.74, 6) is -1.41. The molecular formula is C21H22ClN3O7S. The third-order valence-electron chi connectivity index (χ3n) is 5.08. The van der Waals surface area contributed by atoms with Gasteiger partial charge in [0.25, 0.3) is 11.6 Å². The monoisotopic (exact) mass is 495 g/mol. The number of esters is 1. The van der Waals surface area contributed by atoms with Gasteiger partial charge in [0, 0.05) is 30.9 Å². The van der Waals surface area contributed by atoms with Gasteiger partial charge in [-0.15, -0.1) is 0 Å². The number of sulfonamides is 1. The lowest BCUT2D eigenvalue weighted by molar-refractivity contribution is -0.384. The quantitative estimate of drug-likeness (QED) is 0.353. The largest absolute Gasteiger partial charge is 0.452 e. The molecule has 1 aliphatic heterocycles. The number of piperidine rings is 1. The van der Waals surface area contributed by atoms with Crippen LogP contribution in [0.25, 0.3) is 0 Å². The SMILES string of the molecule is CC1CCCN(S(=O)(=O)c2cc(C(=O)OCC(=O)Nc3cccc([N+](=O)[O-])c3)ccc2Cl)C1. The van der Waals surface area contributed by atoms with Crippen LogP contribution in [0.5, 0.6) is 0 Å². The molecule has 0 radical (unpaired) electrons. The highest BCUT2D eigenvalue weighted by Crippen LogP contribution is 2.29. The second-order valence-electron chi connectivity index (χ2n) is 7.69. The van der Waals surface area contributed by atoms with Crippen molar-refractivity contribution in [2.45, 2.75) is 24.7 Å². The van der Waals surface area contributed by atoms with E-state index in [1.54, 1.807) is 0 Å². The number of benzene rings is 2. The summed E-state index contributed by atoms with van der Waals surface area (Å²) in [7, 11) is -3.91. The Balaban J connectivity index is 1.67. The number of nitro benzene ring substituents is 1. The van der Waals surface area contributed by atoms with E-state index in [1.165, 1.54) is 34.6 Å². The Labute approximate surface area is 195 Å².